The highest BCUT2D eigenvalue weighted by molar-refractivity contribution is 5.88. The Morgan fingerprint density at radius 1 is 1.25 bits per heavy atom. The average Bonchev–Trinajstić information content (AvgIpc) is 3.11. The number of rotatable bonds is 4. The van der Waals surface area contributed by atoms with Gasteiger partial charge >= 0.3 is 5.97 Å². The number of aliphatic hydroxyl groups excluding tert-OH is 1. The molecule has 0 aliphatic heterocycles. The number of hydrogen-bond acceptors (Lipinski definition) is 3. The number of aromatic nitrogens is 2. The maximum atomic E-state index is 13.9. The molecule has 0 radical (unpaired) electrons. The molecule has 0 bridgehead atoms. The van der Waals surface area contributed by atoms with Crippen LogP contribution in [0.2, 0.25) is 0 Å². The Kier molecular flexibility index (Phi) is 4.14. The summed E-state index contributed by atoms with van der Waals surface area (Å²) in [6.07, 6.45) is 2.33. The molecular formula is C18H15FN2O3. The zero-order valence-electron chi connectivity index (χ0n) is 12.8. The molecule has 1 aromatic heterocycles. The summed E-state index contributed by atoms with van der Waals surface area (Å²) in [6, 6.07) is 11.0. The molecule has 5 nitrogen and oxygen atoms in total. The fourth-order valence-electron chi connectivity index (χ4n) is 2.52. The summed E-state index contributed by atoms with van der Waals surface area (Å²) < 4.78 is 15.6. The molecule has 1 heterocycles. The molecule has 1 atom stereocenters. The second-order valence-corrected chi connectivity index (χ2v) is 5.42. The molecular weight excluding hydrogens is 311 g/mol. The van der Waals surface area contributed by atoms with Crippen LogP contribution in [0.25, 0.3) is 5.69 Å². The number of benzene rings is 2. The van der Waals surface area contributed by atoms with E-state index in [1.165, 1.54) is 13.0 Å². The van der Waals surface area contributed by atoms with Crippen LogP contribution in [-0.4, -0.2) is 26.0 Å². The maximum Gasteiger partial charge on any atom is 0.335 e. The maximum absolute atomic E-state index is 13.9. The van der Waals surface area contributed by atoms with Gasteiger partial charge in [0.1, 0.15) is 11.9 Å². The topological polar surface area (TPSA) is 75.3 Å². The SMILES string of the molecule is Cc1c(F)cc(C(=O)O)cc1C(O)c1ccc(-n2cccn2)cc1. The third-order valence-electron chi connectivity index (χ3n) is 3.90. The van der Waals surface area contributed by atoms with Crippen LogP contribution in [0, 0.1) is 12.7 Å². The summed E-state index contributed by atoms with van der Waals surface area (Å²) in [6.45, 7) is 1.51. The van der Waals surface area contributed by atoms with E-state index in [0.717, 1.165) is 11.8 Å². The van der Waals surface area contributed by atoms with Gasteiger partial charge in [0.25, 0.3) is 0 Å². The first-order chi connectivity index (χ1) is 11.5. The van der Waals surface area contributed by atoms with E-state index in [1.807, 2.05) is 0 Å². The van der Waals surface area contributed by atoms with Crippen molar-refractivity contribution in [2.24, 2.45) is 0 Å². The van der Waals surface area contributed by atoms with Crippen molar-refractivity contribution in [2.45, 2.75) is 13.0 Å². The summed E-state index contributed by atoms with van der Waals surface area (Å²) in [5.74, 6) is -1.89. The summed E-state index contributed by atoms with van der Waals surface area (Å²) in [5, 5.41) is 23.7. The molecule has 2 aromatic carbocycles. The van der Waals surface area contributed by atoms with Crippen molar-refractivity contribution in [1.82, 2.24) is 9.78 Å². The van der Waals surface area contributed by atoms with Crippen LogP contribution in [0.4, 0.5) is 4.39 Å². The third-order valence-corrected chi connectivity index (χ3v) is 3.90. The minimum absolute atomic E-state index is 0.194. The van der Waals surface area contributed by atoms with Gasteiger partial charge in [0.15, 0.2) is 0 Å². The number of nitrogens with zero attached hydrogens (tertiary/aromatic N) is 2. The molecule has 24 heavy (non-hydrogen) atoms. The van der Waals surface area contributed by atoms with E-state index >= 15 is 0 Å². The predicted molar refractivity (Wildman–Crippen MR) is 85.7 cm³/mol. The van der Waals surface area contributed by atoms with Crippen molar-refractivity contribution in [3.8, 4) is 5.69 Å². The molecule has 0 saturated carbocycles. The van der Waals surface area contributed by atoms with Crippen LogP contribution in [0.3, 0.4) is 0 Å². The Hall–Kier alpha value is -2.99. The first-order valence-electron chi connectivity index (χ1n) is 7.29. The van der Waals surface area contributed by atoms with Gasteiger partial charge in [-0.3, -0.25) is 0 Å². The summed E-state index contributed by atoms with van der Waals surface area (Å²) in [4.78, 5) is 11.1. The van der Waals surface area contributed by atoms with E-state index in [2.05, 4.69) is 5.10 Å². The Morgan fingerprint density at radius 2 is 1.96 bits per heavy atom. The number of aliphatic hydroxyl groups is 1. The Morgan fingerprint density at radius 3 is 2.54 bits per heavy atom. The summed E-state index contributed by atoms with van der Waals surface area (Å²) >= 11 is 0. The first kappa shape index (κ1) is 15.9. The van der Waals surface area contributed by atoms with E-state index < -0.39 is 17.9 Å². The Bertz CT molecular complexity index is 874. The minimum Gasteiger partial charge on any atom is -0.478 e. The largest absolute Gasteiger partial charge is 0.478 e. The minimum atomic E-state index is -1.24. The van der Waals surface area contributed by atoms with E-state index in [0.29, 0.717) is 5.56 Å². The fraction of sp³-hybridized carbons (Fsp3) is 0.111. The predicted octanol–water partition coefficient (Wildman–Crippen LogP) is 3.10. The van der Waals surface area contributed by atoms with Gasteiger partial charge in [0, 0.05) is 12.4 Å². The lowest BCUT2D eigenvalue weighted by molar-refractivity contribution is 0.0696. The van der Waals surface area contributed by atoms with E-state index in [-0.39, 0.29) is 16.7 Å². The molecule has 6 heteroatoms. The number of carbonyl (C=O) groups is 1. The second kappa shape index (κ2) is 6.25. The highest BCUT2D eigenvalue weighted by Gasteiger charge is 2.18. The highest BCUT2D eigenvalue weighted by Crippen LogP contribution is 2.28. The van der Waals surface area contributed by atoms with E-state index in [4.69, 9.17) is 5.11 Å². The number of halogens is 1. The second-order valence-electron chi connectivity index (χ2n) is 5.42. The van der Waals surface area contributed by atoms with Crippen molar-refractivity contribution >= 4 is 5.97 Å². The summed E-state index contributed by atoms with van der Waals surface area (Å²) in [5.41, 5.74) is 1.62. The van der Waals surface area contributed by atoms with Gasteiger partial charge in [-0.2, -0.15) is 5.10 Å². The number of hydrogen-bond donors (Lipinski definition) is 2. The van der Waals surface area contributed by atoms with Gasteiger partial charge < -0.3 is 10.2 Å². The molecule has 0 saturated heterocycles. The van der Waals surface area contributed by atoms with Crippen LogP contribution >= 0.6 is 0 Å². The number of aromatic carboxylic acids is 1. The molecule has 0 fully saturated rings. The smallest absolute Gasteiger partial charge is 0.335 e. The summed E-state index contributed by atoms with van der Waals surface area (Å²) in [7, 11) is 0. The molecule has 0 amide bonds. The number of carboxylic acid groups (broad SMARTS) is 1. The van der Waals surface area contributed by atoms with Crippen molar-refractivity contribution in [2.75, 3.05) is 0 Å². The van der Waals surface area contributed by atoms with Crippen molar-refractivity contribution < 1.29 is 19.4 Å². The van der Waals surface area contributed by atoms with Crippen LogP contribution in [0.15, 0.2) is 54.9 Å². The molecule has 2 N–H and O–H groups in total. The van der Waals surface area contributed by atoms with Crippen molar-refractivity contribution in [3.63, 3.8) is 0 Å². The van der Waals surface area contributed by atoms with Gasteiger partial charge in [0.2, 0.25) is 0 Å². The zero-order valence-corrected chi connectivity index (χ0v) is 12.8. The van der Waals surface area contributed by atoms with Crippen LogP contribution in [0.5, 0.6) is 0 Å². The Balaban J connectivity index is 1.97. The van der Waals surface area contributed by atoms with Gasteiger partial charge in [-0.15, -0.1) is 0 Å². The van der Waals surface area contributed by atoms with Crippen molar-refractivity contribution in [3.05, 3.63) is 82.9 Å². The van der Waals surface area contributed by atoms with E-state index in [9.17, 15) is 14.3 Å². The molecule has 0 aliphatic rings. The lowest BCUT2D eigenvalue weighted by Crippen LogP contribution is -2.07. The lowest BCUT2D eigenvalue weighted by atomic mass is 9.95. The molecule has 0 spiro atoms. The van der Waals surface area contributed by atoms with Crippen LogP contribution in [0.1, 0.15) is 33.2 Å². The normalized spacial score (nSPS) is 12.1. The van der Waals surface area contributed by atoms with Gasteiger partial charge in [-0.1, -0.05) is 12.1 Å². The van der Waals surface area contributed by atoms with Gasteiger partial charge in [-0.25, -0.2) is 13.9 Å². The third kappa shape index (κ3) is 2.91. The molecule has 3 aromatic rings. The first-order valence-corrected chi connectivity index (χ1v) is 7.29. The van der Waals surface area contributed by atoms with Crippen LogP contribution < -0.4 is 0 Å². The average molecular weight is 326 g/mol. The zero-order chi connectivity index (χ0) is 17.3. The highest BCUT2D eigenvalue weighted by atomic mass is 19.1. The Labute approximate surface area is 137 Å². The van der Waals surface area contributed by atoms with Crippen molar-refractivity contribution in [1.29, 1.82) is 0 Å². The molecule has 1 unspecified atom stereocenters. The van der Waals surface area contributed by atoms with E-state index in [1.54, 1.807) is 47.4 Å². The quantitative estimate of drug-likeness (QED) is 0.772. The standard InChI is InChI=1S/C18H15FN2O3/c1-11-15(9-13(18(23)24)10-16(11)19)17(22)12-3-5-14(6-4-12)21-8-2-7-20-21/h2-10,17,22H,1H3,(H,23,24). The number of carboxylic acids is 1. The van der Waals surface area contributed by atoms with Gasteiger partial charge in [-0.05, 0) is 53.9 Å². The monoisotopic (exact) mass is 326 g/mol. The fourth-order valence-corrected chi connectivity index (χ4v) is 2.52. The van der Waals surface area contributed by atoms with Crippen LogP contribution in [-0.2, 0) is 0 Å². The molecule has 3 rings (SSSR count). The molecule has 0 aliphatic carbocycles. The van der Waals surface area contributed by atoms with Gasteiger partial charge in [0.05, 0.1) is 11.3 Å². The molecule has 122 valence electrons. The lowest BCUT2D eigenvalue weighted by Gasteiger charge is -2.16.